The summed E-state index contributed by atoms with van der Waals surface area (Å²) in [5, 5.41) is 10.3. The Morgan fingerprint density at radius 3 is 2.36 bits per heavy atom. The minimum Gasteiger partial charge on any atom is -0.396 e. The zero-order valence-corrected chi connectivity index (χ0v) is 8.35. The first-order chi connectivity index (χ1) is 6.88. The highest BCUT2D eigenvalue weighted by molar-refractivity contribution is 5.80. The zero-order valence-electron chi connectivity index (χ0n) is 8.35. The molecule has 0 radical (unpaired) electrons. The van der Waals surface area contributed by atoms with Gasteiger partial charge in [-0.15, -0.1) is 0 Å². The summed E-state index contributed by atoms with van der Waals surface area (Å²) < 4.78 is 0. The van der Waals surface area contributed by atoms with Gasteiger partial charge in [0.2, 0.25) is 0 Å². The van der Waals surface area contributed by atoms with Crippen molar-refractivity contribution in [1.29, 1.82) is 0 Å². The molecule has 1 aromatic carbocycles. The van der Waals surface area contributed by atoms with Crippen molar-refractivity contribution in [3.8, 4) is 0 Å². The molecule has 2 aromatic rings. The van der Waals surface area contributed by atoms with E-state index in [0.717, 1.165) is 6.42 Å². The molecule has 14 heavy (non-hydrogen) atoms. The molecule has 74 valence electrons. The number of hydrogen-bond donors (Lipinski definition) is 1. The van der Waals surface area contributed by atoms with Crippen molar-refractivity contribution in [3.63, 3.8) is 0 Å². The van der Waals surface area contributed by atoms with E-state index in [1.807, 2.05) is 37.5 Å². The lowest BCUT2D eigenvalue weighted by Crippen LogP contribution is -1.71. The number of rotatable bonds is 1. The van der Waals surface area contributed by atoms with E-state index in [4.69, 9.17) is 5.11 Å². The molecule has 2 rings (SSSR count). The van der Waals surface area contributed by atoms with Crippen LogP contribution < -0.4 is 0 Å². The van der Waals surface area contributed by atoms with Gasteiger partial charge in [-0.1, -0.05) is 31.2 Å². The van der Waals surface area contributed by atoms with E-state index in [9.17, 15) is 0 Å². The van der Waals surface area contributed by atoms with Crippen LogP contribution in [0.4, 0.5) is 0 Å². The number of benzene rings is 1. The summed E-state index contributed by atoms with van der Waals surface area (Å²) in [6.07, 6.45) is 4.55. The summed E-state index contributed by atoms with van der Waals surface area (Å²) >= 11 is 0. The van der Waals surface area contributed by atoms with Crippen LogP contribution in [0.1, 0.15) is 13.3 Å². The lowest BCUT2D eigenvalue weighted by molar-refractivity contribution is 0.295. The Hall–Kier alpha value is -1.41. The van der Waals surface area contributed by atoms with Gasteiger partial charge < -0.3 is 5.11 Å². The minimum absolute atomic E-state index is 0.319. The van der Waals surface area contributed by atoms with E-state index in [-0.39, 0.29) is 0 Å². The van der Waals surface area contributed by atoms with Crippen LogP contribution >= 0.6 is 0 Å². The largest absolute Gasteiger partial charge is 0.396 e. The van der Waals surface area contributed by atoms with Crippen molar-refractivity contribution >= 4 is 10.8 Å². The number of pyridine rings is 1. The summed E-state index contributed by atoms with van der Waals surface area (Å²) in [5.41, 5.74) is 0. The van der Waals surface area contributed by atoms with Crippen LogP contribution in [0.3, 0.4) is 0 Å². The first kappa shape index (κ1) is 10.7. The summed E-state index contributed by atoms with van der Waals surface area (Å²) in [6, 6.07) is 10.2. The van der Waals surface area contributed by atoms with Crippen molar-refractivity contribution in [2.24, 2.45) is 0 Å². The second-order valence-electron chi connectivity index (χ2n) is 2.95. The Morgan fingerprint density at radius 1 is 1.14 bits per heavy atom. The molecule has 0 saturated carbocycles. The maximum absolute atomic E-state index is 7.88. The Labute approximate surface area is 84.2 Å². The van der Waals surface area contributed by atoms with Crippen LogP contribution in [-0.2, 0) is 0 Å². The Kier molecular flexibility index (Phi) is 4.65. The van der Waals surface area contributed by atoms with Gasteiger partial charge in [0, 0.05) is 19.0 Å². The topological polar surface area (TPSA) is 33.1 Å². The maximum Gasteiger partial charge on any atom is 0.0428 e. The van der Waals surface area contributed by atoms with Crippen LogP contribution in [0.25, 0.3) is 10.8 Å². The number of aromatic nitrogens is 1. The molecule has 2 nitrogen and oxygen atoms in total. The SMILES string of the molecule is CCCO.c1ccc2cnccc2c1. The molecule has 1 N–H and O–H groups in total. The van der Waals surface area contributed by atoms with Gasteiger partial charge in [-0.3, -0.25) is 4.98 Å². The molecule has 0 amide bonds. The first-order valence-corrected chi connectivity index (χ1v) is 4.78. The summed E-state index contributed by atoms with van der Waals surface area (Å²) in [7, 11) is 0. The third-order valence-electron chi connectivity index (χ3n) is 1.77. The second kappa shape index (κ2) is 6.11. The van der Waals surface area contributed by atoms with Gasteiger partial charge in [0.05, 0.1) is 0 Å². The Morgan fingerprint density at radius 2 is 1.79 bits per heavy atom. The minimum atomic E-state index is 0.319. The fourth-order valence-electron chi connectivity index (χ4n) is 1.03. The molecule has 0 aliphatic rings. The predicted molar refractivity (Wildman–Crippen MR) is 59.1 cm³/mol. The highest BCUT2D eigenvalue weighted by Crippen LogP contribution is 2.09. The van der Waals surface area contributed by atoms with Gasteiger partial charge in [-0.2, -0.15) is 0 Å². The van der Waals surface area contributed by atoms with E-state index in [1.54, 1.807) is 0 Å². The molecular formula is C12H15NO. The highest BCUT2D eigenvalue weighted by Gasteiger charge is 1.86. The highest BCUT2D eigenvalue weighted by atomic mass is 16.2. The van der Waals surface area contributed by atoms with Crippen LogP contribution in [0.2, 0.25) is 0 Å². The van der Waals surface area contributed by atoms with Crippen molar-refractivity contribution in [1.82, 2.24) is 4.98 Å². The molecular weight excluding hydrogens is 174 g/mol. The average molecular weight is 189 g/mol. The predicted octanol–water partition coefficient (Wildman–Crippen LogP) is 2.62. The molecule has 1 aromatic heterocycles. The standard InChI is InChI=1S/C9H7N.C3H8O/c1-2-4-9-7-10-6-5-8(9)3-1;1-2-3-4/h1-7H;4H,2-3H2,1H3. The van der Waals surface area contributed by atoms with Gasteiger partial charge in [0.25, 0.3) is 0 Å². The smallest absolute Gasteiger partial charge is 0.0428 e. The molecule has 0 fully saturated rings. The van der Waals surface area contributed by atoms with Crippen LogP contribution in [0.5, 0.6) is 0 Å². The van der Waals surface area contributed by atoms with Gasteiger partial charge in [0.1, 0.15) is 0 Å². The summed E-state index contributed by atoms with van der Waals surface area (Å²) in [5.74, 6) is 0. The van der Waals surface area contributed by atoms with Crippen molar-refractivity contribution in [2.45, 2.75) is 13.3 Å². The summed E-state index contributed by atoms with van der Waals surface area (Å²) in [4.78, 5) is 4.01. The second-order valence-corrected chi connectivity index (χ2v) is 2.95. The normalized spacial score (nSPS) is 9.29. The van der Waals surface area contributed by atoms with E-state index < -0.39 is 0 Å². The average Bonchev–Trinajstić information content (AvgIpc) is 2.30. The number of aliphatic hydroxyl groups is 1. The van der Waals surface area contributed by atoms with Crippen molar-refractivity contribution < 1.29 is 5.11 Å². The summed E-state index contributed by atoms with van der Waals surface area (Å²) in [6.45, 7) is 2.25. The van der Waals surface area contributed by atoms with E-state index >= 15 is 0 Å². The number of hydrogen-bond acceptors (Lipinski definition) is 2. The van der Waals surface area contributed by atoms with Crippen molar-refractivity contribution in [3.05, 3.63) is 42.7 Å². The lowest BCUT2D eigenvalue weighted by Gasteiger charge is -1.91. The number of nitrogens with zero attached hydrogens (tertiary/aromatic N) is 1. The Bertz CT molecular complexity index is 306. The quantitative estimate of drug-likeness (QED) is 0.748. The van der Waals surface area contributed by atoms with E-state index in [1.165, 1.54) is 10.8 Å². The number of aliphatic hydroxyl groups excluding tert-OH is 1. The molecule has 0 aliphatic heterocycles. The fourth-order valence-corrected chi connectivity index (χ4v) is 1.03. The van der Waals surface area contributed by atoms with Crippen LogP contribution in [0.15, 0.2) is 42.7 Å². The number of fused-ring (bicyclic) bond motifs is 1. The monoisotopic (exact) mass is 189 g/mol. The van der Waals surface area contributed by atoms with Crippen molar-refractivity contribution in [2.75, 3.05) is 6.61 Å². The molecule has 0 spiro atoms. The molecule has 0 aliphatic carbocycles. The van der Waals surface area contributed by atoms with Crippen LogP contribution in [0, 0.1) is 0 Å². The Balaban J connectivity index is 0.000000213. The zero-order chi connectivity index (χ0) is 10.2. The molecule has 2 heteroatoms. The molecule has 0 saturated heterocycles. The van der Waals surface area contributed by atoms with Gasteiger partial charge in [-0.25, -0.2) is 0 Å². The van der Waals surface area contributed by atoms with E-state index in [2.05, 4.69) is 17.1 Å². The van der Waals surface area contributed by atoms with Gasteiger partial charge in [0.15, 0.2) is 0 Å². The maximum atomic E-state index is 7.88. The fraction of sp³-hybridized carbons (Fsp3) is 0.250. The molecule has 1 heterocycles. The molecule has 0 bridgehead atoms. The third kappa shape index (κ3) is 3.15. The van der Waals surface area contributed by atoms with Gasteiger partial charge in [-0.05, 0) is 23.3 Å². The van der Waals surface area contributed by atoms with Gasteiger partial charge >= 0.3 is 0 Å². The molecule has 0 unspecified atom stereocenters. The lowest BCUT2D eigenvalue weighted by atomic mass is 10.2. The third-order valence-corrected chi connectivity index (χ3v) is 1.77. The van der Waals surface area contributed by atoms with Crippen LogP contribution in [-0.4, -0.2) is 16.7 Å². The van der Waals surface area contributed by atoms with E-state index in [0.29, 0.717) is 6.61 Å². The molecule has 0 atom stereocenters. The first-order valence-electron chi connectivity index (χ1n) is 4.78.